The molecular formula is C18H19FN2OS. The van der Waals surface area contributed by atoms with Crippen molar-refractivity contribution in [2.24, 2.45) is 0 Å². The molecule has 0 aliphatic carbocycles. The smallest absolute Gasteiger partial charge is 0.308 e. The molecule has 120 valence electrons. The summed E-state index contributed by atoms with van der Waals surface area (Å²) in [5, 5.41) is 2.79. The number of amides is 2. The number of carbonyl (C=O) groups excluding carboxylic acids is 1. The Bertz CT molecular complexity index is 690. The van der Waals surface area contributed by atoms with E-state index in [0.29, 0.717) is 6.54 Å². The average molecular weight is 330 g/mol. The zero-order chi connectivity index (χ0) is 16.2. The number of aryl methyl sites for hydroxylation is 1. The molecule has 1 atom stereocenters. The Morgan fingerprint density at radius 3 is 2.78 bits per heavy atom. The van der Waals surface area contributed by atoms with Gasteiger partial charge in [0.1, 0.15) is 11.2 Å². The lowest BCUT2D eigenvalue weighted by Crippen LogP contribution is -2.34. The number of nitrogens with zero attached hydrogens (tertiary/aromatic N) is 1. The third-order valence-electron chi connectivity index (χ3n) is 3.90. The van der Waals surface area contributed by atoms with Crippen LogP contribution in [0.4, 0.5) is 14.9 Å². The number of benzene rings is 2. The summed E-state index contributed by atoms with van der Waals surface area (Å²) in [6.07, 6.45) is 0.971. The highest BCUT2D eigenvalue weighted by atomic mass is 32.2. The number of rotatable bonds is 3. The van der Waals surface area contributed by atoms with Gasteiger partial charge >= 0.3 is 6.03 Å². The first kappa shape index (κ1) is 15.9. The van der Waals surface area contributed by atoms with Crippen LogP contribution in [0.15, 0.2) is 48.5 Å². The molecule has 2 amide bonds. The monoisotopic (exact) mass is 330 g/mol. The Morgan fingerprint density at radius 1 is 1.30 bits per heavy atom. The maximum absolute atomic E-state index is 13.4. The maximum atomic E-state index is 13.4. The van der Waals surface area contributed by atoms with Crippen LogP contribution in [0.2, 0.25) is 0 Å². The number of anilines is 1. The fraction of sp³-hybridized carbons (Fsp3) is 0.278. The lowest BCUT2D eigenvalue weighted by molar-refractivity contribution is 0.214. The van der Waals surface area contributed by atoms with Gasteiger partial charge in [0.25, 0.3) is 0 Å². The molecule has 1 N–H and O–H groups in total. The van der Waals surface area contributed by atoms with Crippen LogP contribution >= 0.6 is 11.8 Å². The number of urea groups is 1. The summed E-state index contributed by atoms with van der Waals surface area (Å²) in [4.78, 5) is 14.3. The number of hydrogen-bond acceptors (Lipinski definition) is 2. The fourth-order valence-corrected chi connectivity index (χ4v) is 3.88. The van der Waals surface area contributed by atoms with Crippen molar-refractivity contribution in [1.29, 1.82) is 0 Å². The number of carbonyl (C=O) groups is 1. The van der Waals surface area contributed by atoms with Gasteiger partial charge in [-0.2, -0.15) is 0 Å². The van der Waals surface area contributed by atoms with Gasteiger partial charge in [0, 0.05) is 18.0 Å². The highest BCUT2D eigenvalue weighted by Gasteiger charge is 2.30. The maximum Gasteiger partial charge on any atom is 0.323 e. The second-order valence-electron chi connectivity index (χ2n) is 5.45. The van der Waals surface area contributed by atoms with Crippen LogP contribution in [-0.2, 0) is 6.42 Å². The lowest BCUT2D eigenvalue weighted by Gasteiger charge is -2.24. The summed E-state index contributed by atoms with van der Waals surface area (Å²) >= 11 is 1.66. The molecule has 0 spiro atoms. The molecule has 0 radical (unpaired) electrons. The zero-order valence-electron chi connectivity index (χ0n) is 13.0. The van der Waals surface area contributed by atoms with Crippen LogP contribution in [0.3, 0.4) is 0 Å². The molecular weight excluding hydrogens is 311 g/mol. The average Bonchev–Trinajstić information content (AvgIpc) is 3.05. The molecule has 5 heteroatoms. The first-order valence-corrected chi connectivity index (χ1v) is 8.76. The quantitative estimate of drug-likeness (QED) is 0.887. The van der Waals surface area contributed by atoms with E-state index in [9.17, 15) is 9.18 Å². The second-order valence-corrected chi connectivity index (χ2v) is 6.64. The standard InChI is InChI=1S/C18H19FN2OS/c1-2-13-6-8-16(9-7-13)20-18(22)21-10-11-23-17(21)14-4-3-5-15(19)12-14/h3-9,12,17H,2,10-11H2,1H3,(H,20,22). The van der Waals surface area contributed by atoms with Gasteiger partial charge in [0.2, 0.25) is 0 Å². The molecule has 0 bridgehead atoms. The van der Waals surface area contributed by atoms with Crippen LogP contribution < -0.4 is 5.32 Å². The Balaban J connectivity index is 1.72. The van der Waals surface area contributed by atoms with Crippen molar-refractivity contribution in [1.82, 2.24) is 4.90 Å². The molecule has 1 unspecified atom stereocenters. The molecule has 1 aliphatic heterocycles. The number of hydrogen-bond donors (Lipinski definition) is 1. The molecule has 1 fully saturated rings. The molecule has 2 aromatic carbocycles. The molecule has 23 heavy (non-hydrogen) atoms. The second kappa shape index (κ2) is 7.04. The van der Waals surface area contributed by atoms with E-state index < -0.39 is 0 Å². The van der Waals surface area contributed by atoms with Crippen molar-refractivity contribution in [3.8, 4) is 0 Å². The first-order valence-electron chi connectivity index (χ1n) is 7.71. The molecule has 1 heterocycles. The normalized spacial score (nSPS) is 17.3. The molecule has 0 aromatic heterocycles. The van der Waals surface area contributed by atoms with E-state index in [0.717, 1.165) is 23.4 Å². The largest absolute Gasteiger partial charge is 0.323 e. The van der Waals surface area contributed by atoms with Gasteiger partial charge < -0.3 is 10.2 Å². The molecule has 1 aliphatic rings. The summed E-state index contributed by atoms with van der Waals surface area (Å²) in [5.74, 6) is 0.578. The Morgan fingerprint density at radius 2 is 2.09 bits per heavy atom. The van der Waals surface area contributed by atoms with Crippen molar-refractivity contribution in [2.75, 3.05) is 17.6 Å². The molecule has 0 saturated carbocycles. The van der Waals surface area contributed by atoms with Crippen LogP contribution in [-0.4, -0.2) is 23.2 Å². The number of nitrogens with one attached hydrogen (secondary N) is 1. The highest BCUT2D eigenvalue weighted by Crippen LogP contribution is 2.38. The Hall–Kier alpha value is -2.01. The Kier molecular flexibility index (Phi) is 4.86. The molecule has 1 saturated heterocycles. The van der Waals surface area contributed by atoms with Gasteiger partial charge in [-0.1, -0.05) is 31.2 Å². The van der Waals surface area contributed by atoms with Crippen molar-refractivity contribution in [3.05, 3.63) is 65.5 Å². The van der Waals surface area contributed by atoms with Gasteiger partial charge in [0.15, 0.2) is 0 Å². The molecule has 3 rings (SSSR count). The van der Waals surface area contributed by atoms with Crippen molar-refractivity contribution < 1.29 is 9.18 Å². The van der Waals surface area contributed by atoms with Crippen LogP contribution in [0, 0.1) is 5.82 Å². The van der Waals surface area contributed by atoms with Crippen LogP contribution in [0.1, 0.15) is 23.4 Å². The SMILES string of the molecule is CCc1ccc(NC(=O)N2CCSC2c2cccc(F)c2)cc1. The summed E-state index contributed by atoms with van der Waals surface area (Å²) < 4.78 is 13.4. The van der Waals surface area contributed by atoms with Crippen molar-refractivity contribution >= 4 is 23.5 Å². The number of halogens is 1. The Labute approximate surface area is 139 Å². The van der Waals surface area contributed by atoms with Crippen molar-refractivity contribution in [2.45, 2.75) is 18.7 Å². The number of thioether (sulfide) groups is 1. The minimum atomic E-state index is -0.273. The van der Waals surface area contributed by atoms with Gasteiger partial charge in [-0.15, -0.1) is 11.8 Å². The van der Waals surface area contributed by atoms with Gasteiger partial charge in [-0.3, -0.25) is 0 Å². The van der Waals surface area contributed by atoms with Crippen LogP contribution in [0.25, 0.3) is 0 Å². The van der Waals surface area contributed by atoms with E-state index in [1.807, 2.05) is 30.3 Å². The van der Waals surface area contributed by atoms with E-state index in [-0.39, 0.29) is 17.2 Å². The topological polar surface area (TPSA) is 32.3 Å². The zero-order valence-corrected chi connectivity index (χ0v) is 13.8. The third-order valence-corrected chi connectivity index (χ3v) is 5.16. The van der Waals surface area contributed by atoms with Gasteiger partial charge in [-0.05, 0) is 41.8 Å². The molecule has 2 aromatic rings. The van der Waals surface area contributed by atoms with E-state index in [2.05, 4.69) is 12.2 Å². The van der Waals surface area contributed by atoms with Crippen molar-refractivity contribution in [3.63, 3.8) is 0 Å². The summed E-state index contributed by atoms with van der Waals surface area (Å²) in [6.45, 7) is 2.75. The highest BCUT2D eigenvalue weighted by molar-refractivity contribution is 7.99. The first-order chi connectivity index (χ1) is 11.2. The van der Waals surface area contributed by atoms with E-state index in [1.54, 1.807) is 22.7 Å². The van der Waals surface area contributed by atoms with E-state index in [1.165, 1.54) is 17.7 Å². The summed E-state index contributed by atoms with van der Waals surface area (Å²) in [7, 11) is 0. The summed E-state index contributed by atoms with van der Waals surface area (Å²) in [6, 6.07) is 14.2. The summed E-state index contributed by atoms with van der Waals surface area (Å²) in [5.41, 5.74) is 2.84. The molecule has 3 nitrogen and oxygen atoms in total. The predicted molar refractivity (Wildman–Crippen MR) is 93.1 cm³/mol. The van der Waals surface area contributed by atoms with Crippen LogP contribution in [0.5, 0.6) is 0 Å². The third kappa shape index (κ3) is 3.67. The lowest BCUT2D eigenvalue weighted by atomic mass is 10.1. The van der Waals surface area contributed by atoms with E-state index in [4.69, 9.17) is 0 Å². The predicted octanol–water partition coefficient (Wildman–Crippen LogP) is 4.67. The fourth-order valence-electron chi connectivity index (χ4n) is 2.63. The van der Waals surface area contributed by atoms with E-state index >= 15 is 0 Å². The minimum absolute atomic E-state index is 0.138. The van der Waals surface area contributed by atoms with Gasteiger partial charge in [0.05, 0.1) is 0 Å². The van der Waals surface area contributed by atoms with Gasteiger partial charge in [-0.25, -0.2) is 9.18 Å². The minimum Gasteiger partial charge on any atom is -0.308 e.